The van der Waals surface area contributed by atoms with Gasteiger partial charge in [-0.3, -0.25) is 9.48 Å². The van der Waals surface area contributed by atoms with Gasteiger partial charge in [0.1, 0.15) is 0 Å². The van der Waals surface area contributed by atoms with Crippen molar-refractivity contribution in [1.29, 1.82) is 0 Å². The fraction of sp³-hybridized carbons (Fsp3) is 0.278. The molecule has 1 aromatic carbocycles. The number of piperidine rings is 1. The normalized spacial score (nSPS) is 17.4. The van der Waals surface area contributed by atoms with Crippen LogP contribution >= 0.6 is 0 Å². The quantitative estimate of drug-likeness (QED) is 0.766. The summed E-state index contributed by atoms with van der Waals surface area (Å²) in [7, 11) is 0. The predicted octanol–water partition coefficient (Wildman–Crippen LogP) is 2.25. The fourth-order valence-corrected chi connectivity index (χ4v) is 3.04. The summed E-state index contributed by atoms with van der Waals surface area (Å²) in [6.45, 7) is 1.96. The van der Waals surface area contributed by atoms with Crippen LogP contribution in [0.2, 0.25) is 0 Å². The summed E-state index contributed by atoms with van der Waals surface area (Å²) in [6.07, 6.45) is 7.71. The van der Waals surface area contributed by atoms with Crippen LogP contribution in [-0.2, 0) is 0 Å². The summed E-state index contributed by atoms with van der Waals surface area (Å²) < 4.78 is 3.66. The van der Waals surface area contributed by atoms with Gasteiger partial charge < -0.3 is 10.6 Å². The van der Waals surface area contributed by atoms with Crippen LogP contribution in [-0.4, -0.2) is 38.6 Å². The number of amides is 1. The van der Waals surface area contributed by atoms with Crippen LogP contribution < -0.4 is 10.6 Å². The van der Waals surface area contributed by atoms with E-state index in [0.29, 0.717) is 11.7 Å². The van der Waals surface area contributed by atoms with Gasteiger partial charge in [-0.05, 0) is 55.8 Å². The molecular formula is C18H20N6O. The van der Waals surface area contributed by atoms with E-state index < -0.39 is 0 Å². The molecule has 1 amide bonds. The van der Waals surface area contributed by atoms with Crippen LogP contribution in [0.3, 0.4) is 0 Å². The van der Waals surface area contributed by atoms with Gasteiger partial charge in [0.05, 0.1) is 11.7 Å². The molecule has 0 aliphatic carbocycles. The lowest BCUT2D eigenvalue weighted by Crippen LogP contribution is -2.32. The average Bonchev–Trinajstić information content (AvgIpc) is 3.35. The molecule has 25 heavy (non-hydrogen) atoms. The summed E-state index contributed by atoms with van der Waals surface area (Å²) in [6, 6.07) is 11.5. The maximum atomic E-state index is 12.4. The van der Waals surface area contributed by atoms with Crippen molar-refractivity contribution in [3.8, 4) is 5.69 Å². The number of carbonyl (C=O) groups excluding carboxylic acids is 1. The minimum Gasteiger partial charge on any atom is -0.321 e. The van der Waals surface area contributed by atoms with Crippen molar-refractivity contribution in [1.82, 2.24) is 24.9 Å². The van der Waals surface area contributed by atoms with E-state index in [1.807, 2.05) is 47.4 Å². The van der Waals surface area contributed by atoms with Crippen LogP contribution in [0.5, 0.6) is 0 Å². The first kappa shape index (κ1) is 15.6. The molecular weight excluding hydrogens is 316 g/mol. The van der Waals surface area contributed by atoms with Gasteiger partial charge in [-0.25, -0.2) is 4.68 Å². The first-order valence-corrected chi connectivity index (χ1v) is 8.47. The summed E-state index contributed by atoms with van der Waals surface area (Å²) in [5.74, 6) is -0.200. The van der Waals surface area contributed by atoms with E-state index in [0.717, 1.165) is 37.3 Å². The van der Waals surface area contributed by atoms with Crippen LogP contribution in [0.4, 0.5) is 5.69 Å². The maximum absolute atomic E-state index is 12.4. The standard InChI is InChI=1S/C18H20N6O/c25-18(17-8-12-24(22-17)16-3-1-9-19-13-16)21-14-4-6-15(7-5-14)23-11-2-10-20-23/h2,4-8,10-12,16,19H,1,3,9,13H2,(H,21,25). The van der Waals surface area contributed by atoms with Gasteiger partial charge in [-0.15, -0.1) is 0 Å². The molecule has 0 spiro atoms. The lowest BCUT2D eigenvalue weighted by atomic mass is 10.1. The molecule has 2 aromatic heterocycles. The SMILES string of the molecule is O=C(Nc1ccc(-n2cccn2)cc1)c1ccn(C2CCCNC2)n1. The Balaban J connectivity index is 1.42. The maximum Gasteiger partial charge on any atom is 0.276 e. The van der Waals surface area contributed by atoms with Crippen LogP contribution in [0.15, 0.2) is 55.0 Å². The molecule has 7 nitrogen and oxygen atoms in total. The fourth-order valence-electron chi connectivity index (χ4n) is 3.04. The lowest BCUT2D eigenvalue weighted by molar-refractivity contribution is 0.102. The zero-order valence-electron chi connectivity index (χ0n) is 13.8. The molecule has 1 aliphatic heterocycles. The highest BCUT2D eigenvalue weighted by Crippen LogP contribution is 2.17. The van der Waals surface area contributed by atoms with E-state index in [1.54, 1.807) is 16.9 Å². The van der Waals surface area contributed by atoms with E-state index in [1.165, 1.54) is 0 Å². The molecule has 0 saturated carbocycles. The zero-order valence-corrected chi connectivity index (χ0v) is 13.8. The Bertz CT molecular complexity index is 831. The Hall–Kier alpha value is -2.93. The van der Waals surface area contributed by atoms with Crippen molar-refractivity contribution < 1.29 is 4.79 Å². The number of nitrogens with zero attached hydrogens (tertiary/aromatic N) is 4. The molecule has 3 aromatic rings. The zero-order chi connectivity index (χ0) is 17.1. The Morgan fingerprint density at radius 2 is 2.08 bits per heavy atom. The second kappa shape index (κ2) is 6.90. The van der Waals surface area contributed by atoms with Crippen LogP contribution in [0.25, 0.3) is 5.69 Å². The van der Waals surface area contributed by atoms with Crippen molar-refractivity contribution in [2.24, 2.45) is 0 Å². The Morgan fingerprint density at radius 1 is 1.20 bits per heavy atom. The smallest absolute Gasteiger partial charge is 0.276 e. The molecule has 1 aliphatic rings. The number of aromatic nitrogens is 4. The van der Waals surface area contributed by atoms with Crippen molar-refractivity contribution in [3.63, 3.8) is 0 Å². The highest BCUT2D eigenvalue weighted by atomic mass is 16.1. The van der Waals surface area contributed by atoms with E-state index in [-0.39, 0.29) is 5.91 Å². The number of benzene rings is 1. The third kappa shape index (κ3) is 3.46. The largest absolute Gasteiger partial charge is 0.321 e. The average molecular weight is 336 g/mol. The summed E-state index contributed by atoms with van der Waals surface area (Å²) >= 11 is 0. The van der Waals surface area contributed by atoms with E-state index in [2.05, 4.69) is 20.8 Å². The number of nitrogens with one attached hydrogen (secondary N) is 2. The van der Waals surface area contributed by atoms with E-state index >= 15 is 0 Å². The van der Waals surface area contributed by atoms with Gasteiger partial charge in [0.15, 0.2) is 5.69 Å². The monoisotopic (exact) mass is 336 g/mol. The molecule has 0 bridgehead atoms. The first-order valence-electron chi connectivity index (χ1n) is 8.47. The number of rotatable bonds is 4. The molecule has 1 atom stereocenters. The molecule has 3 heterocycles. The summed E-state index contributed by atoms with van der Waals surface area (Å²) in [5.41, 5.74) is 2.11. The highest BCUT2D eigenvalue weighted by Gasteiger charge is 2.17. The van der Waals surface area contributed by atoms with E-state index in [9.17, 15) is 4.79 Å². The molecule has 1 saturated heterocycles. The second-order valence-electron chi connectivity index (χ2n) is 6.13. The van der Waals surface area contributed by atoms with Crippen molar-refractivity contribution in [2.45, 2.75) is 18.9 Å². The number of carbonyl (C=O) groups is 1. The number of anilines is 1. The molecule has 2 N–H and O–H groups in total. The molecule has 1 unspecified atom stereocenters. The van der Waals surface area contributed by atoms with Gasteiger partial charge in [0.2, 0.25) is 0 Å². The number of hydrogen-bond donors (Lipinski definition) is 2. The molecule has 4 rings (SSSR count). The first-order chi connectivity index (χ1) is 12.3. The molecule has 0 radical (unpaired) electrons. The van der Waals surface area contributed by atoms with Crippen LogP contribution in [0, 0.1) is 0 Å². The second-order valence-corrected chi connectivity index (χ2v) is 6.13. The van der Waals surface area contributed by atoms with E-state index in [4.69, 9.17) is 0 Å². The molecule has 128 valence electrons. The Morgan fingerprint density at radius 3 is 2.80 bits per heavy atom. The van der Waals surface area contributed by atoms with Crippen molar-refractivity contribution in [2.75, 3.05) is 18.4 Å². The molecule has 1 fully saturated rings. The Labute approximate surface area is 145 Å². The van der Waals surface area contributed by atoms with Gasteiger partial charge >= 0.3 is 0 Å². The minimum absolute atomic E-state index is 0.200. The lowest BCUT2D eigenvalue weighted by Gasteiger charge is -2.22. The minimum atomic E-state index is -0.200. The van der Waals surface area contributed by atoms with Crippen molar-refractivity contribution >= 4 is 11.6 Å². The third-order valence-corrected chi connectivity index (χ3v) is 4.38. The number of hydrogen-bond acceptors (Lipinski definition) is 4. The topological polar surface area (TPSA) is 76.8 Å². The summed E-state index contributed by atoms with van der Waals surface area (Å²) in [5, 5.41) is 14.9. The predicted molar refractivity (Wildman–Crippen MR) is 94.9 cm³/mol. The van der Waals surface area contributed by atoms with Gasteiger partial charge in [0.25, 0.3) is 5.91 Å². The van der Waals surface area contributed by atoms with Gasteiger partial charge in [-0.1, -0.05) is 0 Å². The molecule has 7 heteroatoms. The van der Waals surface area contributed by atoms with Crippen LogP contribution in [0.1, 0.15) is 29.4 Å². The van der Waals surface area contributed by atoms with Gasteiger partial charge in [0, 0.05) is 30.8 Å². The van der Waals surface area contributed by atoms with Crippen molar-refractivity contribution in [3.05, 3.63) is 60.7 Å². The summed E-state index contributed by atoms with van der Waals surface area (Å²) in [4.78, 5) is 12.4. The third-order valence-electron chi connectivity index (χ3n) is 4.38. The highest BCUT2D eigenvalue weighted by molar-refractivity contribution is 6.02. The Kier molecular flexibility index (Phi) is 4.30. The van der Waals surface area contributed by atoms with Gasteiger partial charge in [-0.2, -0.15) is 10.2 Å².